The van der Waals surface area contributed by atoms with E-state index in [1.54, 1.807) is 6.07 Å². The van der Waals surface area contributed by atoms with Crippen molar-refractivity contribution < 1.29 is 4.39 Å². The Morgan fingerprint density at radius 2 is 2.06 bits per heavy atom. The molecule has 0 N–H and O–H groups in total. The Bertz CT molecular complexity index is 378. The third kappa shape index (κ3) is 2.16. The molecule has 0 atom stereocenters. The van der Waals surface area contributed by atoms with Gasteiger partial charge < -0.3 is 4.90 Å². The average molecular weight is 223 g/mol. The third-order valence-corrected chi connectivity index (χ3v) is 3.34. The first-order chi connectivity index (χ1) is 7.49. The maximum atomic E-state index is 13.0. The molecule has 0 bridgehead atoms. The highest BCUT2D eigenvalue weighted by atomic mass is 19.1. The van der Waals surface area contributed by atoms with Crippen LogP contribution in [0, 0.1) is 5.95 Å². The molecule has 0 radical (unpaired) electrons. The number of nitrogens with zero attached hydrogens (tertiary/aromatic N) is 3. The number of hydrogen-bond acceptors (Lipinski definition) is 3. The van der Waals surface area contributed by atoms with Gasteiger partial charge in [-0.1, -0.05) is 6.07 Å². The first-order valence-corrected chi connectivity index (χ1v) is 5.58. The van der Waals surface area contributed by atoms with Crippen molar-refractivity contribution in [2.24, 2.45) is 0 Å². The number of rotatable bonds is 1. The molecular formula is C12H18FN3. The van der Waals surface area contributed by atoms with Crippen molar-refractivity contribution in [1.82, 2.24) is 9.88 Å². The maximum absolute atomic E-state index is 13.0. The summed E-state index contributed by atoms with van der Waals surface area (Å²) < 4.78 is 13.0. The molecule has 0 saturated carbocycles. The minimum Gasteiger partial charge on any atom is -0.353 e. The molecule has 16 heavy (non-hydrogen) atoms. The molecule has 1 aliphatic rings. The highest BCUT2D eigenvalue weighted by Crippen LogP contribution is 2.22. The Kier molecular flexibility index (Phi) is 2.84. The van der Waals surface area contributed by atoms with Crippen molar-refractivity contribution in [2.75, 3.05) is 31.6 Å². The molecule has 4 heteroatoms. The molecule has 0 aromatic carbocycles. The molecule has 2 heterocycles. The van der Waals surface area contributed by atoms with Crippen LogP contribution in [0.2, 0.25) is 0 Å². The first-order valence-electron chi connectivity index (χ1n) is 5.58. The molecule has 1 aromatic rings. The van der Waals surface area contributed by atoms with Gasteiger partial charge in [0.2, 0.25) is 5.95 Å². The minimum absolute atomic E-state index is 0.103. The quantitative estimate of drug-likeness (QED) is 0.676. The van der Waals surface area contributed by atoms with E-state index in [1.807, 2.05) is 6.07 Å². The second-order valence-corrected chi connectivity index (χ2v) is 4.97. The van der Waals surface area contributed by atoms with Gasteiger partial charge in [0.15, 0.2) is 0 Å². The summed E-state index contributed by atoms with van der Waals surface area (Å²) in [5.74, 6) is 0.329. The fraction of sp³-hybridized carbons (Fsp3) is 0.583. The SMILES string of the molecule is CN1CCN(c2cccc(F)n2)CC1(C)C. The van der Waals surface area contributed by atoms with Crippen LogP contribution in [0.3, 0.4) is 0 Å². The zero-order valence-corrected chi connectivity index (χ0v) is 10.1. The molecule has 1 fully saturated rings. The highest BCUT2D eigenvalue weighted by molar-refractivity contribution is 5.39. The number of anilines is 1. The van der Waals surface area contributed by atoms with Gasteiger partial charge >= 0.3 is 0 Å². The molecule has 1 aromatic heterocycles. The van der Waals surface area contributed by atoms with Crippen molar-refractivity contribution in [1.29, 1.82) is 0 Å². The molecule has 1 aliphatic heterocycles. The van der Waals surface area contributed by atoms with Crippen LogP contribution in [0.4, 0.5) is 10.2 Å². The van der Waals surface area contributed by atoms with Crippen molar-refractivity contribution in [2.45, 2.75) is 19.4 Å². The fourth-order valence-corrected chi connectivity index (χ4v) is 2.01. The summed E-state index contributed by atoms with van der Waals surface area (Å²) in [4.78, 5) is 8.39. The van der Waals surface area contributed by atoms with Crippen LogP contribution in [-0.4, -0.2) is 42.1 Å². The lowest BCUT2D eigenvalue weighted by atomic mass is 10.00. The summed E-state index contributed by atoms with van der Waals surface area (Å²) in [5.41, 5.74) is 0.103. The van der Waals surface area contributed by atoms with Gasteiger partial charge in [0.05, 0.1) is 0 Å². The molecule has 0 spiro atoms. The minimum atomic E-state index is -0.408. The van der Waals surface area contributed by atoms with E-state index >= 15 is 0 Å². The highest BCUT2D eigenvalue weighted by Gasteiger charge is 2.31. The molecule has 2 rings (SSSR count). The lowest BCUT2D eigenvalue weighted by molar-refractivity contribution is 0.138. The molecule has 0 aliphatic carbocycles. The van der Waals surface area contributed by atoms with Crippen molar-refractivity contribution in [3.63, 3.8) is 0 Å². The number of aromatic nitrogens is 1. The summed E-state index contributed by atoms with van der Waals surface area (Å²) in [7, 11) is 2.12. The van der Waals surface area contributed by atoms with Gasteiger partial charge in [-0.3, -0.25) is 4.90 Å². The lowest BCUT2D eigenvalue weighted by Gasteiger charge is -2.45. The number of piperazine rings is 1. The summed E-state index contributed by atoms with van der Waals surface area (Å²) >= 11 is 0. The maximum Gasteiger partial charge on any atom is 0.214 e. The summed E-state index contributed by atoms with van der Waals surface area (Å²) in [6.07, 6.45) is 0. The summed E-state index contributed by atoms with van der Waals surface area (Å²) in [6, 6.07) is 4.96. The molecule has 88 valence electrons. The number of hydrogen-bond donors (Lipinski definition) is 0. The predicted octanol–water partition coefficient (Wildman–Crippen LogP) is 1.75. The van der Waals surface area contributed by atoms with Gasteiger partial charge in [-0.05, 0) is 33.0 Å². The van der Waals surface area contributed by atoms with E-state index in [0.717, 1.165) is 25.5 Å². The second kappa shape index (κ2) is 4.01. The van der Waals surface area contributed by atoms with Gasteiger partial charge in [0.25, 0.3) is 0 Å². The zero-order valence-electron chi connectivity index (χ0n) is 10.1. The molecular weight excluding hydrogens is 205 g/mol. The Labute approximate surface area is 95.9 Å². The Balaban J connectivity index is 2.18. The van der Waals surface area contributed by atoms with Crippen molar-refractivity contribution >= 4 is 5.82 Å². The summed E-state index contributed by atoms with van der Waals surface area (Å²) in [5, 5.41) is 0. The van der Waals surface area contributed by atoms with Gasteiger partial charge in [-0.25, -0.2) is 4.98 Å². The van der Waals surface area contributed by atoms with Crippen LogP contribution in [-0.2, 0) is 0 Å². The van der Waals surface area contributed by atoms with E-state index in [4.69, 9.17) is 0 Å². The van der Waals surface area contributed by atoms with Crippen LogP contribution in [0.1, 0.15) is 13.8 Å². The monoisotopic (exact) mass is 223 g/mol. The second-order valence-electron chi connectivity index (χ2n) is 4.97. The number of likely N-dealkylation sites (N-methyl/N-ethyl adjacent to an activating group) is 1. The molecule has 1 saturated heterocycles. The van der Waals surface area contributed by atoms with E-state index in [1.165, 1.54) is 6.07 Å². The lowest BCUT2D eigenvalue weighted by Crippen LogP contribution is -2.57. The topological polar surface area (TPSA) is 19.4 Å². The van der Waals surface area contributed by atoms with E-state index in [2.05, 4.69) is 35.7 Å². The number of pyridine rings is 1. The zero-order chi connectivity index (χ0) is 11.8. The van der Waals surface area contributed by atoms with Crippen molar-refractivity contribution in [3.05, 3.63) is 24.1 Å². The van der Waals surface area contributed by atoms with E-state index in [9.17, 15) is 4.39 Å². The van der Waals surface area contributed by atoms with Crippen LogP contribution in [0.5, 0.6) is 0 Å². The van der Waals surface area contributed by atoms with E-state index in [0.29, 0.717) is 0 Å². The number of halogens is 1. The van der Waals surface area contributed by atoms with E-state index < -0.39 is 5.95 Å². The third-order valence-electron chi connectivity index (χ3n) is 3.34. The average Bonchev–Trinajstić information content (AvgIpc) is 2.22. The largest absolute Gasteiger partial charge is 0.353 e. The van der Waals surface area contributed by atoms with Crippen molar-refractivity contribution in [3.8, 4) is 0 Å². The van der Waals surface area contributed by atoms with Gasteiger partial charge in [0.1, 0.15) is 5.82 Å². The smallest absolute Gasteiger partial charge is 0.214 e. The van der Waals surface area contributed by atoms with Gasteiger partial charge in [-0.15, -0.1) is 0 Å². The Hall–Kier alpha value is -1.16. The first kappa shape index (κ1) is 11.3. The van der Waals surface area contributed by atoms with Gasteiger partial charge in [0, 0.05) is 25.2 Å². The Morgan fingerprint density at radius 1 is 1.31 bits per heavy atom. The normalized spacial score (nSPS) is 21.1. The van der Waals surface area contributed by atoms with Crippen LogP contribution < -0.4 is 4.90 Å². The molecule has 3 nitrogen and oxygen atoms in total. The van der Waals surface area contributed by atoms with Gasteiger partial charge in [-0.2, -0.15) is 4.39 Å². The van der Waals surface area contributed by atoms with Crippen LogP contribution in [0.15, 0.2) is 18.2 Å². The summed E-state index contributed by atoms with van der Waals surface area (Å²) in [6.45, 7) is 7.14. The van der Waals surface area contributed by atoms with Crippen LogP contribution >= 0.6 is 0 Å². The molecule has 0 unspecified atom stereocenters. The van der Waals surface area contributed by atoms with Crippen LogP contribution in [0.25, 0.3) is 0 Å². The van der Waals surface area contributed by atoms with E-state index in [-0.39, 0.29) is 5.54 Å². The fourth-order valence-electron chi connectivity index (χ4n) is 2.01. The molecule has 0 amide bonds. The Morgan fingerprint density at radius 3 is 2.69 bits per heavy atom. The standard InChI is InChI=1S/C12H18FN3/c1-12(2)9-16(8-7-15(12)3)11-6-4-5-10(13)14-11/h4-6H,7-9H2,1-3H3. The predicted molar refractivity (Wildman–Crippen MR) is 63.1 cm³/mol.